The molecular formula is C22H30N4O3. The van der Waals surface area contributed by atoms with Crippen molar-refractivity contribution >= 4 is 23.3 Å². The van der Waals surface area contributed by atoms with Gasteiger partial charge in [-0.2, -0.15) is 0 Å². The Kier molecular flexibility index (Phi) is 8.03. The Hall–Kier alpha value is -3.06. The number of rotatable bonds is 8. The zero-order chi connectivity index (χ0) is 21.4. The molecule has 0 fully saturated rings. The molecule has 0 bridgehead atoms. The molecule has 3 amide bonds. The molecule has 0 aliphatic carbocycles. The van der Waals surface area contributed by atoms with Crippen molar-refractivity contribution in [3.05, 3.63) is 54.1 Å². The molecule has 2 aromatic carbocycles. The highest BCUT2D eigenvalue weighted by atomic mass is 16.5. The summed E-state index contributed by atoms with van der Waals surface area (Å²) in [4.78, 5) is 26.1. The number of likely N-dealkylation sites (N-methyl/N-ethyl adjacent to an activating group) is 1. The summed E-state index contributed by atoms with van der Waals surface area (Å²) in [5.41, 5.74) is 2.43. The summed E-state index contributed by atoms with van der Waals surface area (Å²) >= 11 is 0. The molecule has 7 nitrogen and oxygen atoms in total. The summed E-state index contributed by atoms with van der Waals surface area (Å²) < 4.78 is 5.20. The fourth-order valence-electron chi connectivity index (χ4n) is 2.71. The number of nitrogens with zero attached hydrogens (tertiary/aromatic N) is 1. The van der Waals surface area contributed by atoms with Crippen molar-refractivity contribution in [1.29, 1.82) is 0 Å². The zero-order valence-electron chi connectivity index (χ0n) is 17.7. The summed E-state index contributed by atoms with van der Waals surface area (Å²) in [6, 6.07) is 14.6. The zero-order valence-corrected chi connectivity index (χ0v) is 17.7. The van der Waals surface area contributed by atoms with Crippen LogP contribution in [0.15, 0.2) is 48.5 Å². The lowest BCUT2D eigenvalue weighted by molar-refractivity contribution is -0.118. The molecule has 2 aromatic rings. The monoisotopic (exact) mass is 398 g/mol. The number of hydrogen-bond acceptors (Lipinski definition) is 4. The third-order valence-electron chi connectivity index (χ3n) is 4.51. The molecule has 1 unspecified atom stereocenters. The Labute approximate surface area is 172 Å². The molecular weight excluding hydrogens is 368 g/mol. The van der Waals surface area contributed by atoms with E-state index in [0.29, 0.717) is 17.9 Å². The van der Waals surface area contributed by atoms with Crippen molar-refractivity contribution in [3.8, 4) is 5.75 Å². The molecule has 7 heteroatoms. The van der Waals surface area contributed by atoms with Gasteiger partial charge in [0.05, 0.1) is 13.2 Å². The second-order valence-corrected chi connectivity index (χ2v) is 7.31. The Morgan fingerprint density at radius 2 is 1.48 bits per heavy atom. The molecule has 156 valence electrons. The van der Waals surface area contributed by atoms with E-state index in [-0.39, 0.29) is 23.9 Å². The SMILES string of the molecule is COc1ccc(C(CNC(=O)Nc2ccc(NC(=O)C(C)C)cc2)N(C)C)cc1. The van der Waals surface area contributed by atoms with Crippen LogP contribution in [0.25, 0.3) is 0 Å². The molecule has 0 radical (unpaired) electrons. The first kappa shape index (κ1) is 22.2. The molecule has 29 heavy (non-hydrogen) atoms. The second kappa shape index (κ2) is 10.5. The van der Waals surface area contributed by atoms with Gasteiger partial charge in [-0.3, -0.25) is 4.79 Å². The quantitative estimate of drug-likeness (QED) is 0.633. The van der Waals surface area contributed by atoms with Gasteiger partial charge in [0.2, 0.25) is 5.91 Å². The first-order valence-electron chi connectivity index (χ1n) is 9.56. The predicted octanol–water partition coefficient (Wildman–Crippen LogP) is 3.71. The van der Waals surface area contributed by atoms with Crippen LogP contribution in [0.4, 0.5) is 16.2 Å². The van der Waals surface area contributed by atoms with Crippen molar-refractivity contribution in [3.63, 3.8) is 0 Å². The van der Waals surface area contributed by atoms with E-state index in [1.54, 1.807) is 31.4 Å². The molecule has 0 saturated carbocycles. The maximum absolute atomic E-state index is 12.3. The molecule has 0 saturated heterocycles. The van der Waals surface area contributed by atoms with Gasteiger partial charge in [-0.05, 0) is 56.1 Å². The number of methoxy groups -OCH3 is 1. The lowest BCUT2D eigenvalue weighted by atomic mass is 10.1. The van der Waals surface area contributed by atoms with E-state index in [2.05, 4.69) is 16.0 Å². The minimum atomic E-state index is -0.288. The minimum absolute atomic E-state index is 0.0280. The molecule has 3 N–H and O–H groups in total. The van der Waals surface area contributed by atoms with Crippen molar-refractivity contribution in [1.82, 2.24) is 10.2 Å². The van der Waals surface area contributed by atoms with Crippen molar-refractivity contribution < 1.29 is 14.3 Å². The van der Waals surface area contributed by atoms with Crippen LogP contribution in [0.2, 0.25) is 0 Å². The first-order chi connectivity index (χ1) is 13.8. The van der Waals surface area contributed by atoms with Crippen LogP contribution < -0.4 is 20.7 Å². The second-order valence-electron chi connectivity index (χ2n) is 7.31. The summed E-state index contributed by atoms with van der Waals surface area (Å²) in [5.74, 6) is 0.663. The van der Waals surface area contributed by atoms with E-state index < -0.39 is 0 Å². The predicted molar refractivity (Wildman–Crippen MR) is 116 cm³/mol. The summed E-state index contributed by atoms with van der Waals surface area (Å²) in [5, 5.41) is 8.54. The smallest absolute Gasteiger partial charge is 0.319 e. The average Bonchev–Trinajstić information content (AvgIpc) is 2.69. The number of anilines is 2. The number of benzene rings is 2. The molecule has 0 aromatic heterocycles. The number of nitrogens with one attached hydrogen (secondary N) is 3. The van der Waals surface area contributed by atoms with Crippen LogP contribution in [0.3, 0.4) is 0 Å². The average molecular weight is 399 g/mol. The third kappa shape index (κ3) is 6.80. The number of carbonyl (C=O) groups is 2. The van der Waals surface area contributed by atoms with Gasteiger partial charge in [0.25, 0.3) is 0 Å². The van der Waals surface area contributed by atoms with E-state index in [1.165, 1.54) is 0 Å². The van der Waals surface area contributed by atoms with Gasteiger partial charge in [0, 0.05) is 23.8 Å². The summed E-state index contributed by atoms with van der Waals surface area (Å²) in [7, 11) is 5.58. The summed E-state index contributed by atoms with van der Waals surface area (Å²) in [6.45, 7) is 4.12. The minimum Gasteiger partial charge on any atom is -0.497 e. The Balaban J connectivity index is 1.90. The van der Waals surface area contributed by atoms with Crippen LogP contribution in [0, 0.1) is 5.92 Å². The molecule has 0 aliphatic rings. The number of amides is 3. The first-order valence-corrected chi connectivity index (χ1v) is 9.56. The van der Waals surface area contributed by atoms with Crippen molar-refractivity contribution in [2.75, 3.05) is 38.4 Å². The third-order valence-corrected chi connectivity index (χ3v) is 4.51. The van der Waals surface area contributed by atoms with Gasteiger partial charge in [-0.25, -0.2) is 4.79 Å². The summed E-state index contributed by atoms with van der Waals surface area (Å²) in [6.07, 6.45) is 0. The van der Waals surface area contributed by atoms with Crippen LogP contribution in [-0.4, -0.2) is 44.6 Å². The van der Waals surface area contributed by atoms with Gasteiger partial charge < -0.3 is 25.6 Å². The normalized spacial score (nSPS) is 11.8. The van der Waals surface area contributed by atoms with Crippen molar-refractivity contribution in [2.24, 2.45) is 5.92 Å². The number of ether oxygens (including phenoxy) is 1. The van der Waals surface area contributed by atoms with E-state index in [1.807, 2.05) is 57.1 Å². The van der Waals surface area contributed by atoms with E-state index in [0.717, 1.165) is 11.3 Å². The fourth-order valence-corrected chi connectivity index (χ4v) is 2.71. The Bertz CT molecular complexity index is 802. The number of urea groups is 1. The van der Waals surface area contributed by atoms with Crippen LogP contribution in [0.5, 0.6) is 5.75 Å². The standard InChI is InChI=1S/C22H30N4O3/c1-15(2)21(27)24-17-8-10-18(11-9-17)25-22(28)23-14-20(26(3)4)16-6-12-19(29-5)13-7-16/h6-13,15,20H,14H2,1-5H3,(H,24,27)(H2,23,25,28). The van der Waals surface area contributed by atoms with Gasteiger partial charge >= 0.3 is 6.03 Å². The lowest BCUT2D eigenvalue weighted by Gasteiger charge is -2.25. The molecule has 2 rings (SSSR count). The number of hydrogen-bond donors (Lipinski definition) is 3. The molecule has 0 aliphatic heterocycles. The lowest BCUT2D eigenvalue weighted by Crippen LogP contribution is -2.36. The van der Waals surface area contributed by atoms with Gasteiger partial charge in [-0.1, -0.05) is 26.0 Å². The Morgan fingerprint density at radius 1 is 0.931 bits per heavy atom. The highest BCUT2D eigenvalue weighted by Crippen LogP contribution is 2.21. The largest absolute Gasteiger partial charge is 0.497 e. The van der Waals surface area contributed by atoms with Crippen molar-refractivity contribution in [2.45, 2.75) is 19.9 Å². The number of carbonyl (C=O) groups excluding carboxylic acids is 2. The van der Waals surface area contributed by atoms with E-state index >= 15 is 0 Å². The molecule has 1 atom stereocenters. The maximum atomic E-state index is 12.3. The Morgan fingerprint density at radius 3 is 1.97 bits per heavy atom. The fraction of sp³-hybridized carbons (Fsp3) is 0.364. The van der Waals surface area contributed by atoms with E-state index in [4.69, 9.17) is 4.74 Å². The highest BCUT2D eigenvalue weighted by molar-refractivity contribution is 5.93. The molecule has 0 heterocycles. The van der Waals surface area contributed by atoms with Gasteiger partial charge in [0.1, 0.15) is 5.75 Å². The highest BCUT2D eigenvalue weighted by Gasteiger charge is 2.15. The van der Waals surface area contributed by atoms with Gasteiger partial charge in [0.15, 0.2) is 0 Å². The van der Waals surface area contributed by atoms with E-state index in [9.17, 15) is 9.59 Å². The van der Waals surface area contributed by atoms with Crippen LogP contribution in [-0.2, 0) is 4.79 Å². The molecule has 0 spiro atoms. The maximum Gasteiger partial charge on any atom is 0.319 e. The topological polar surface area (TPSA) is 82.7 Å². The van der Waals surface area contributed by atoms with Crippen LogP contribution in [0.1, 0.15) is 25.5 Å². The van der Waals surface area contributed by atoms with Crippen LogP contribution >= 0.6 is 0 Å². The van der Waals surface area contributed by atoms with Gasteiger partial charge in [-0.15, -0.1) is 0 Å².